The van der Waals surface area contributed by atoms with Gasteiger partial charge in [0.05, 0.1) is 17.7 Å². The van der Waals surface area contributed by atoms with Gasteiger partial charge in [-0.2, -0.15) is 0 Å². The van der Waals surface area contributed by atoms with E-state index in [1.54, 1.807) is 7.11 Å². The zero-order valence-corrected chi connectivity index (χ0v) is 16.4. The Hall–Kier alpha value is -3.19. The molecule has 0 bridgehead atoms. The molecule has 28 heavy (non-hydrogen) atoms. The number of aromatic amines is 2. The number of fused-ring (bicyclic) bond motifs is 1. The molecule has 0 fully saturated rings. The third-order valence-corrected chi connectivity index (χ3v) is 5.61. The molecule has 0 saturated carbocycles. The van der Waals surface area contributed by atoms with Crippen LogP contribution in [0.4, 0.5) is 0 Å². The first-order chi connectivity index (χ1) is 13.5. The standard InChI is InChI=1S/C21H20N2O4S/c1-12-16-10-15(26-2)7-8-17(16)22-18(12)11-27-14-5-3-13(4-6-14)9-19-20(24)23-21(25)28-19/h3-8,10,22,24H,9,11H2,1-2H3,(H,23,25). The van der Waals surface area contributed by atoms with Crippen molar-refractivity contribution in [1.82, 2.24) is 9.97 Å². The van der Waals surface area contributed by atoms with Gasteiger partial charge in [0.1, 0.15) is 18.1 Å². The van der Waals surface area contributed by atoms with Crippen LogP contribution in [-0.4, -0.2) is 22.2 Å². The molecule has 2 aromatic carbocycles. The first-order valence-corrected chi connectivity index (χ1v) is 9.63. The minimum atomic E-state index is -0.251. The number of aryl methyl sites for hydroxylation is 1. The van der Waals surface area contributed by atoms with Crippen molar-refractivity contribution >= 4 is 22.2 Å². The smallest absolute Gasteiger partial charge is 0.307 e. The highest BCUT2D eigenvalue weighted by Crippen LogP contribution is 2.27. The van der Waals surface area contributed by atoms with Crippen LogP contribution in [0.1, 0.15) is 21.7 Å². The van der Waals surface area contributed by atoms with E-state index in [2.05, 4.69) is 16.9 Å². The van der Waals surface area contributed by atoms with Crippen LogP contribution in [0.25, 0.3) is 10.9 Å². The minimum Gasteiger partial charge on any atom is -0.497 e. The summed E-state index contributed by atoms with van der Waals surface area (Å²) in [5.74, 6) is 1.53. The number of methoxy groups -OCH3 is 1. The highest BCUT2D eigenvalue weighted by molar-refractivity contribution is 7.09. The molecule has 4 aromatic rings. The molecule has 0 spiro atoms. The van der Waals surface area contributed by atoms with E-state index < -0.39 is 0 Å². The van der Waals surface area contributed by atoms with Gasteiger partial charge in [0.25, 0.3) is 0 Å². The van der Waals surface area contributed by atoms with Crippen molar-refractivity contribution in [1.29, 1.82) is 0 Å². The largest absolute Gasteiger partial charge is 0.497 e. The van der Waals surface area contributed by atoms with Crippen molar-refractivity contribution in [2.75, 3.05) is 7.11 Å². The zero-order valence-electron chi connectivity index (χ0n) is 15.5. The van der Waals surface area contributed by atoms with Crippen molar-refractivity contribution in [3.05, 3.63) is 73.8 Å². The van der Waals surface area contributed by atoms with Crippen LogP contribution >= 0.6 is 11.3 Å². The topological polar surface area (TPSA) is 87.3 Å². The summed E-state index contributed by atoms with van der Waals surface area (Å²) in [5, 5.41) is 10.8. The number of benzene rings is 2. The van der Waals surface area contributed by atoms with Gasteiger partial charge in [0.2, 0.25) is 5.88 Å². The summed E-state index contributed by atoms with van der Waals surface area (Å²) in [5.41, 5.74) is 4.21. The fraction of sp³-hybridized carbons (Fsp3) is 0.190. The zero-order chi connectivity index (χ0) is 19.7. The molecule has 0 unspecified atom stereocenters. The van der Waals surface area contributed by atoms with Crippen LogP contribution in [-0.2, 0) is 13.0 Å². The van der Waals surface area contributed by atoms with E-state index >= 15 is 0 Å². The van der Waals surface area contributed by atoms with Crippen LogP contribution < -0.4 is 14.3 Å². The summed E-state index contributed by atoms with van der Waals surface area (Å²) in [4.78, 5) is 17.4. The Kier molecular flexibility index (Phi) is 4.83. The van der Waals surface area contributed by atoms with Gasteiger partial charge in [-0.15, -0.1) is 0 Å². The van der Waals surface area contributed by atoms with E-state index in [0.29, 0.717) is 17.9 Å². The second kappa shape index (κ2) is 7.44. The molecule has 6 nitrogen and oxygen atoms in total. The first-order valence-electron chi connectivity index (χ1n) is 8.81. The molecule has 0 aliphatic carbocycles. The van der Waals surface area contributed by atoms with Gasteiger partial charge < -0.3 is 19.6 Å². The van der Waals surface area contributed by atoms with Crippen molar-refractivity contribution in [3.63, 3.8) is 0 Å². The van der Waals surface area contributed by atoms with Gasteiger partial charge in [0, 0.05) is 17.3 Å². The van der Waals surface area contributed by atoms with E-state index in [1.165, 1.54) is 0 Å². The number of aromatic nitrogens is 2. The van der Waals surface area contributed by atoms with Gasteiger partial charge in [-0.3, -0.25) is 9.78 Å². The van der Waals surface area contributed by atoms with Crippen molar-refractivity contribution in [2.24, 2.45) is 0 Å². The summed E-state index contributed by atoms with van der Waals surface area (Å²) in [7, 11) is 1.66. The monoisotopic (exact) mass is 396 g/mol. The fourth-order valence-corrected chi connectivity index (χ4v) is 3.91. The summed E-state index contributed by atoms with van der Waals surface area (Å²) >= 11 is 1.02. The lowest BCUT2D eigenvalue weighted by Crippen LogP contribution is -1.97. The second-order valence-corrected chi connectivity index (χ2v) is 7.60. The lowest BCUT2D eigenvalue weighted by atomic mass is 10.1. The Bertz CT molecular complexity index is 1170. The Morgan fingerprint density at radius 3 is 2.50 bits per heavy atom. The van der Waals surface area contributed by atoms with Crippen molar-refractivity contribution in [3.8, 4) is 17.4 Å². The highest BCUT2D eigenvalue weighted by Gasteiger charge is 2.10. The number of ether oxygens (including phenoxy) is 2. The molecule has 0 saturated heterocycles. The molecule has 0 radical (unpaired) electrons. The third kappa shape index (κ3) is 3.61. The molecule has 0 aliphatic rings. The van der Waals surface area contributed by atoms with E-state index in [0.717, 1.165) is 50.6 Å². The van der Waals surface area contributed by atoms with Gasteiger partial charge in [-0.1, -0.05) is 23.5 Å². The molecule has 3 N–H and O–H groups in total. The van der Waals surface area contributed by atoms with Crippen LogP contribution in [0.15, 0.2) is 47.3 Å². The predicted octanol–water partition coefficient (Wildman–Crippen LogP) is 4.11. The Balaban J connectivity index is 1.45. The predicted molar refractivity (Wildman–Crippen MR) is 110 cm³/mol. The number of nitrogens with one attached hydrogen (secondary N) is 2. The van der Waals surface area contributed by atoms with Gasteiger partial charge >= 0.3 is 4.87 Å². The maximum Gasteiger partial charge on any atom is 0.307 e. The lowest BCUT2D eigenvalue weighted by molar-refractivity contribution is 0.301. The minimum absolute atomic E-state index is 0.0544. The van der Waals surface area contributed by atoms with Crippen LogP contribution in [0.3, 0.4) is 0 Å². The third-order valence-electron chi connectivity index (χ3n) is 4.74. The average molecular weight is 396 g/mol. The van der Waals surface area contributed by atoms with E-state index in [9.17, 15) is 9.90 Å². The van der Waals surface area contributed by atoms with Crippen molar-refractivity contribution < 1.29 is 14.6 Å². The molecular formula is C21H20N2O4S. The number of thiazole rings is 1. The maximum atomic E-state index is 11.3. The Morgan fingerprint density at radius 2 is 1.82 bits per heavy atom. The SMILES string of the molecule is COc1ccc2[nH]c(COc3ccc(Cc4sc(=O)[nH]c4O)cc3)c(C)c2c1. The van der Waals surface area contributed by atoms with E-state index in [4.69, 9.17) is 9.47 Å². The lowest BCUT2D eigenvalue weighted by Gasteiger charge is -2.07. The summed E-state index contributed by atoms with van der Waals surface area (Å²) < 4.78 is 11.2. The maximum absolute atomic E-state index is 11.3. The number of rotatable bonds is 6. The highest BCUT2D eigenvalue weighted by atomic mass is 32.1. The first kappa shape index (κ1) is 18.2. The molecule has 0 atom stereocenters. The summed E-state index contributed by atoms with van der Waals surface area (Å²) in [6, 6.07) is 13.6. The Morgan fingerprint density at radius 1 is 1.07 bits per heavy atom. The van der Waals surface area contributed by atoms with Crippen LogP contribution in [0, 0.1) is 6.92 Å². The van der Waals surface area contributed by atoms with Gasteiger partial charge in [-0.25, -0.2) is 0 Å². The Labute approximate surface area is 165 Å². The van der Waals surface area contributed by atoms with Gasteiger partial charge in [0.15, 0.2) is 0 Å². The van der Waals surface area contributed by atoms with Crippen LogP contribution in [0.2, 0.25) is 0 Å². The number of aromatic hydroxyl groups is 1. The summed E-state index contributed by atoms with van der Waals surface area (Å²) in [6.07, 6.45) is 0.498. The molecule has 2 aromatic heterocycles. The fourth-order valence-electron chi connectivity index (χ4n) is 3.15. The molecule has 7 heteroatoms. The van der Waals surface area contributed by atoms with E-state index in [-0.39, 0.29) is 10.8 Å². The van der Waals surface area contributed by atoms with Crippen molar-refractivity contribution in [2.45, 2.75) is 20.0 Å². The average Bonchev–Trinajstić information content (AvgIpc) is 3.19. The molecule has 4 rings (SSSR count). The summed E-state index contributed by atoms with van der Waals surface area (Å²) in [6.45, 7) is 2.50. The quantitative estimate of drug-likeness (QED) is 0.458. The van der Waals surface area contributed by atoms with E-state index in [1.807, 2.05) is 42.5 Å². The second-order valence-electron chi connectivity index (χ2n) is 6.54. The normalized spacial score (nSPS) is 11.1. The molecular weight excluding hydrogens is 376 g/mol. The molecule has 0 aliphatic heterocycles. The van der Waals surface area contributed by atoms with Crippen LogP contribution in [0.5, 0.6) is 17.4 Å². The number of hydrogen-bond donors (Lipinski definition) is 3. The molecule has 144 valence electrons. The number of H-pyrrole nitrogens is 2. The van der Waals surface area contributed by atoms with Gasteiger partial charge in [-0.05, 0) is 48.4 Å². The molecule has 2 heterocycles. The number of hydrogen-bond acceptors (Lipinski definition) is 5. The molecule has 0 amide bonds.